The molecule has 1 atom stereocenters. The van der Waals surface area contributed by atoms with E-state index in [0.717, 1.165) is 12.1 Å². The largest absolute Gasteiger partial charge is 0.392 e. The molecule has 7 heteroatoms. The number of hydrogen-bond donors (Lipinski definition) is 1. The van der Waals surface area contributed by atoms with Crippen LogP contribution in [0.3, 0.4) is 0 Å². The smallest absolute Gasteiger partial charge is 0.177 e. The number of rotatable bonds is 4. The van der Waals surface area contributed by atoms with Crippen molar-refractivity contribution >= 4 is 0 Å². The summed E-state index contributed by atoms with van der Waals surface area (Å²) in [7, 11) is 1.62. The second kappa shape index (κ2) is 5.18. The van der Waals surface area contributed by atoms with Gasteiger partial charge >= 0.3 is 0 Å². The van der Waals surface area contributed by atoms with Crippen molar-refractivity contribution < 1.29 is 13.9 Å². The van der Waals surface area contributed by atoms with Crippen LogP contribution < -0.4 is 0 Å². The van der Waals surface area contributed by atoms with E-state index in [0.29, 0.717) is 11.4 Å². The van der Waals surface area contributed by atoms with Crippen LogP contribution in [0.25, 0.3) is 0 Å². The second-order valence-electron chi connectivity index (χ2n) is 4.01. The molecule has 1 N–H and O–H groups in total. The zero-order valence-corrected chi connectivity index (χ0v) is 9.72. The molecule has 1 aromatic carbocycles. The van der Waals surface area contributed by atoms with Crippen molar-refractivity contribution in [2.75, 3.05) is 0 Å². The first kappa shape index (κ1) is 12.6. The molecule has 0 fully saturated rings. The van der Waals surface area contributed by atoms with Gasteiger partial charge in [-0.2, -0.15) is 4.80 Å². The van der Waals surface area contributed by atoms with Gasteiger partial charge in [-0.05, 0) is 29.3 Å². The molecule has 2 rings (SSSR count). The molecule has 2 aromatic rings. The fraction of sp³-hybridized carbons (Fsp3) is 0.364. The van der Waals surface area contributed by atoms with E-state index in [-0.39, 0.29) is 12.8 Å². The van der Waals surface area contributed by atoms with Crippen LogP contribution in [-0.4, -0.2) is 31.4 Å². The Hall–Kier alpha value is -1.89. The van der Waals surface area contributed by atoms with Crippen LogP contribution in [0, 0.1) is 11.6 Å². The van der Waals surface area contributed by atoms with Gasteiger partial charge in [-0.3, -0.25) is 0 Å². The topological polar surface area (TPSA) is 63.8 Å². The van der Waals surface area contributed by atoms with Gasteiger partial charge in [-0.15, -0.1) is 10.2 Å². The number of halogens is 2. The molecule has 1 unspecified atom stereocenters. The van der Waals surface area contributed by atoms with Gasteiger partial charge < -0.3 is 5.11 Å². The fourth-order valence-electron chi connectivity index (χ4n) is 1.63. The molecule has 0 aliphatic heterocycles. The highest BCUT2D eigenvalue weighted by molar-refractivity contribution is 5.18. The average Bonchev–Trinajstić information content (AvgIpc) is 2.69. The molecular weight excluding hydrogens is 242 g/mol. The van der Waals surface area contributed by atoms with Gasteiger partial charge in [0.25, 0.3) is 0 Å². The van der Waals surface area contributed by atoms with E-state index in [1.165, 1.54) is 10.9 Å². The molecule has 0 bridgehead atoms. The average molecular weight is 254 g/mol. The Labute approximate surface area is 102 Å². The summed E-state index contributed by atoms with van der Waals surface area (Å²) in [6, 6.07) is 3.55. The number of aryl methyl sites for hydroxylation is 1. The van der Waals surface area contributed by atoms with Crippen LogP contribution in [0.5, 0.6) is 0 Å². The lowest BCUT2D eigenvalue weighted by Crippen LogP contribution is -2.15. The van der Waals surface area contributed by atoms with Crippen molar-refractivity contribution in [2.24, 2.45) is 7.05 Å². The quantitative estimate of drug-likeness (QED) is 0.869. The van der Waals surface area contributed by atoms with E-state index >= 15 is 0 Å². The lowest BCUT2D eigenvalue weighted by atomic mass is 10.1. The van der Waals surface area contributed by atoms with Gasteiger partial charge in [0.15, 0.2) is 17.5 Å². The van der Waals surface area contributed by atoms with Crippen molar-refractivity contribution in [1.82, 2.24) is 20.2 Å². The number of aromatic nitrogens is 4. The summed E-state index contributed by atoms with van der Waals surface area (Å²) in [6.07, 6.45) is -0.346. The Morgan fingerprint density at radius 2 is 2.06 bits per heavy atom. The van der Waals surface area contributed by atoms with Crippen LogP contribution in [0.4, 0.5) is 8.78 Å². The Morgan fingerprint density at radius 1 is 1.28 bits per heavy atom. The molecule has 0 radical (unpaired) electrons. The first-order valence-corrected chi connectivity index (χ1v) is 5.39. The maximum atomic E-state index is 13.0. The highest BCUT2D eigenvalue weighted by atomic mass is 19.2. The molecule has 0 aliphatic carbocycles. The first-order valence-electron chi connectivity index (χ1n) is 5.39. The number of nitrogens with zero attached hydrogens (tertiary/aromatic N) is 4. The summed E-state index contributed by atoms with van der Waals surface area (Å²) in [5.41, 5.74) is 0.519. The summed E-state index contributed by atoms with van der Waals surface area (Å²) in [4.78, 5) is 1.29. The minimum Gasteiger partial charge on any atom is -0.392 e. The van der Waals surface area contributed by atoms with Crippen molar-refractivity contribution in [3.05, 3.63) is 41.2 Å². The van der Waals surface area contributed by atoms with Crippen LogP contribution in [-0.2, 0) is 19.9 Å². The number of hydrogen-bond acceptors (Lipinski definition) is 4. The Kier molecular flexibility index (Phi) is 3.61. The third-order valence-electron chi connectivity index (χ3n) is 2.42. The van der Waals surface area contributed by atoms with E-state index in [1.807, 2.05) is 0 Å². The zero-order valence-electron chi connectivity index (χ0n) is 9.72. The molecular formula is C11H12F2N4O. The van der Waals surface area contributed by atoms with E-state index in [1.54, 1.807) is 7.05 Å². The van der Waals surface area contributed by atoms with Crippen molar-refractivity contribution in [3.63, 3.8) is 0 Å². The lowest BCUT2D eigenvalue weighted by molar-refractivity contribution is 0.172. The van der Waals surface area contributed by atoms with Gasteiger partial charge in [0.1, 0.15) is 0 Å². The fourth-order valence-corrected chi connectivity index (χ4v) is 1.63. The highest BCUT2D eigenvalue weighted by Gasteiger charge is 2.12. The van der Waals surface area contributed by atoms with E-state index in [9.17, 15) is 13.9 Å². The van der Waals surface area contributed by atoms with Crippen LogP contribution in [0.2, 0.25) is 0 Å². The van der Waals surface area contributed by atoms with E-state index in [4.69, 9.17) is 0 Å². The van der Waals surface area contributed by atoms with Crippen molar-refractivity contribution in [1.29, 1.82) is 0 Å². The molecule has 0 aliphatic rings. The Balaban J connectivity index is 1.98. The summed E-state index contributed by atoms with van der Waals surface area (Å²) < 4.78 is 25.7. The van der Waals surface area contributed by atoms with Crippen molar-refractivity contribution in [2.45, 2.75) is 18.9 Å². The molecule has 0 spiro atoms. The third kappa shape index (κ3) is 3.07. The number of aliphatic hydroxyl groups excluding tert-OH is 1. The molecule has 0 saturated carbocycles. The van der Waals surface area contributed by atoms with E-state index < -0.39 is 17.7 Å². The second-order valence-corrected chi connectivity index (χ2v) is 4.01. The zero-order chi connectivity index (χ0) is 13.1. The summed E-state index contributed by atoms with van der Waals surface area (Å²) in [5, 5.41) is 21.1. The van der Waals surface area contributed by atoms with Gasteiger partial charge in [0.2, 0.25) is 0 Å². The summed E-state index contributed by atoms with van der Waals surface area (Å²) in [6.45, 7) is 0. The predicted octanol–water partition coefficient (Wildman–Crippen LogP) is 0.634. The van der Waals surface area contributed by atoms with Crippen molar-refractivity contribution in [3.8, 4) is 0 Å². The summed E-state index contributed by atoms with van der Waals surface area (Å²) in [5.74, 6) is -1.41. The minimum absolute atomic E-state index is 0.204. The number of aliphatic hydroxyl groups is 1. The molecule has 0 amide bonds. The Morgan fingerprint density at radius 3 is 2.67 bits per heavy atom. The third-order valence-corrected chi connectivity index (χ3v) is 2.42. The molecule has 1 aromatic heterocycles. The molecule has 1 heterocycles. The molecule has 0 saturated heterocycles. The lowest BCUT2D eigenvalue weighted by Gasteiger charge is -2.08. The number of benzene rings is 1. The highest BCUT2D eigenvalue weighted by Crippen LogP contribution is 2.11. The SMILES string of the molecule is Cn1nnc(CC(O)Cc2ccc(F)c(F)c2)n1. The van der Waals surface area contributed by atoms with Gasteiger partial charge in [0, 0.05) is 6.42 Å². The maximum absolute atomic E-state index is 13.0. The monoisotopic (exact) mass is 254 g/mol. The van der Waals surface area contributed by atoms with Gasteiger partial charge in [-0.25, -0.2) is 8.78 Å². The van der Waals surface area contributed by atoms with Gasteiger partial charge in [-0.1, -0.05) is 6.07 Å². The maximum Gasteiger partial charge on any atom is 0.177 e. The first-order chi connectivity index (χ1) is 8.54. The standard InChI is InChI=1S/C11H12F2N4O/c1-17-15-11(14-16-17)6-8(18)4-7-2-3-9(12)10(13)5-7/h2-3,5,8,18H,4,6H2,1H3. The minimum atomic E-state index is -0.919. The van der Waals surface area contributed by atoms with Crippen LogP contribution in [0.1, 0.15) is 11.4 Å². The van der Waals surface area contributed by atoms with E-state index in [2.05, 4.69) is 15.4 Å². The van der Waals surface area contributed by atoms with Crippen LogP contribution >= 0.6 is 0 Å². The number of tetrazole rings is 1. The molecule has 5 nitrogen and oxygen atoms in total. The molecule has 96 valence electrons. The Bertz CT molecular complexity index is 544. The normalized spacial score (nSPS) is 12.7. The summed E-state index contributed by atoms with van der Waals surface area (Å²) >= 11 is 0. The van der Waals surface area contributed by atoms with Gasteiger partial charge in [0.05, 0.1) is 13.2 Å². The predicted molar refractivity (Wildman–Crippen MR) is 58.6 cm³/mol. The van der Waals surface area contributed by atoms with Crippen LogP contribution in [0.15, 0.2) is 18.2 Å². The molecule has 18 heavy (non-hydrogen) atoms.